The molecule has 0 atom stereocenters. The van der Waals surface area contributed by atoms with Crippen LogP contribution in [-0.2, 0) is 9.59 Å². The van der Waals surface area contributed by atoms with E-state index >= 15 is 0 Å². The lowest BCUT2D eigenvalue weighted by Gasteiger charge is -2.18. The van der Waals surface area contributed by atoms with E-state index in [-0.39, 0.29) is 11.6 Å². The molecule has 0 amide bonds. The van der Waals surface area contributed by atoms with Gasteiger partial charge in [-0.05, 0) is 19.8 Å². The first-order chi connectivity index (χ1) is 5.61. The van der Waals surface area contributed by atoms with Crippen molar-refractivity contribution < 1.29 is 9.59 Å². The monoisotopic (exact) mass is 166 g/mol. The van der Waals surface area contributed by atoms with E-state index in [9.17, 15) is 9.59 Å². The molecule has 0 heterocycles. The fourth-order valence-electron chi connectivity index (χ4n) is 1.60. The van der Waals surface area contributed by atoms with Gasteiger partial charge in [0.05, 0.1) is 5.41 Å². The second-order valence-electron chi connectivity index (χ2n) is 3.51. The Kier molecular flexibility index (Phi) is 2.46. The van der Waals surface area contributed by atoms with E-state index in [1.165, 1.54) is 0 Å². The highest BCUT2D eigenvalue weighted by atomic mass is 16.2. The second-order valence-corrected chi connectivity index (χ2v) is 3.51. The molecule has 0 aromatic rings. The number of Topliss-reactive ketones (excluding diaryl/α,β-unsaturated/α-hetero) is 2. The number of rotatable bonds is 3. The minimum absolute atomic E-state index is 0.106. The van der Waals surface area contributed by atoms with Crippen LogP contribution in [0, 0.1) is 5.41 Å². The molecule has 0 aliphatic heterocycles. The highest BCUT2D eigenvalue weighted by Crippen LogP contribution is 2.35. The van der Waals surface area contributed by atoms with E-state index in [0.717, 1.165) is 6.42 Å². The molecular formula is C10H14O2. The zero-order chi connectivity index (χ0) is 9.19. The number of hydrogen-bond donors (Lipinski definition) is 0. The molecule has 1 aliphatic carbocycles. The molecule has 66 valence electrons. The van der Waals surface area contributed by atoms with Crippen molar-refractivity contribution in [3.63, 3.8) is 0 Å². The Bertz CT molecular complexity index is 212. The van der Waals surface area contributed by atoms with Crippen molar-refractivity contribution in [1.29, 1.82) is 0 Å². The Morgan fingerprint density at radius 3 is 2.33 bits per heavy atom. The van der Waals surface area contributed by atoms with Crippen molar-refractivity contribution in [3.8, 4) is 0 Å². The third-order valence-electron chi connectivity index (χ3n) is 2.66. The van der Waals surface area contributed by atoms with Gasteiger partial charge >= 0.3 is 0 Å². The summed E-state index contributed by atoms with van der Waals surface area (Å²) >= 11 is 0. The average Bonchev–Trinajstić information content (AvgIpc) is 2.30. The van der Waals surface area contributed by atoms with Crippen LogP contribution in [0.25, 0.3) is 0 Å². The van der Waals surface area contributed by atoms with Crippen LogP contribution >= 0.6 is 0 Å². The molecular weight excluding hydrogens is 152 g/mol. The van der Waals surface area contributed by atoms with Gasteiger partial charge in [0.15, 0.2) is 0 Å². The summed E-state index contributed by atoms with van der Waals surface area (Å²) in [5.41, 5.74) is -0.686. The number of carbonyl (C=O) groups is 2. The van der Waals surface area contributed by atoms with Gasteiger partial charge in [-0.15, -0.1) is 6.58 Å². The summed E-state index contributed by atoms with van der Waals surface area (Å²) in [5.74, 6) is 0.212. The standard InChI is InChI=1S/C10H14O2/c1-3-4-7-10(2)8(11)5-6-9(10)12/h3H,1,4-7H2,2H3. The third-order valence-corrected chi connectivity index (χ3v) is 2.66. The molecule has 0 spiro atoms. The molecule has 2 nitrogen and oxygen atoms in total. The molecule has 0 unspecified atom stereocenters. The summed E-state index contributed by atoms with van der Waals surface area (Å²) in [6, 6.07) is 0. The van der Waals surface area contributed by atoms with E-state index in [1.807, 2.05) is 0 Å². The second kappa shape index (κ2) is 3.21. The minimum Gasteiger partial charge on any atom is -0.299 e. The fourth-order valence-corrected chi connectivity index (χ4v) is 1.60. The lowest BCUT2D eigenvalue weighted by molar-refractivity contribution is -0.134. The summed E-state index contributed by atoms with van der Waals surface area (Å²) < 4.78 is 0. The maximum absolute atomic E-state index is 11.4. The van der Waals surface area contributed by atoms with E-state index in [4.69, 9.17) is 0 Å². The molecule has 12 heavy (non-hydrogen) atoms. The first kappa shape index (κ1) is 9.17. The predicted octanol–water partition coefficient (Wildman–Crippen LogP) is 1.89. The molecule has 1 rings (SSSR count). The number of allylic oxidation sites excluding steroid dienone is 1. The van der Waals surface area contributed by atoms with Crippen molar-refractivity contribution in [2.75, 3.05) is 0 Å². The van der Waals surface area contributed by atoms with Gasteiger partial charge in [-0.25, -0.2) is 0 Å². The van der Waals surface area contributed by atoms with Crippen LogP contribution < -0.4 is 0 Å². The van der Waals surface area contributed by atoms with Crippen LogP contribution in [0.5, 0.6) is 0 Å². The van der Waals surface area contributed by atoms with Crippen molar-refractivity contribution in [3.05, 3.63) is 12.7 Å². The first-order valence-corrected chi connectivity index (χ1v) is 4.29. The lowest BCUT2D eigenvalue weighted by atomic mass is 9.82. The van der Waals surface area contributed by atoms with Crippen molar-refractivity contribution in [2.45, 2.75) is 32.6 Å². The normalized spacial score (nSPS) is 21.4. The largest absolute Gasteiger partial charge is 0.299 e. The van der Waals surface area contributed by atoms with Gasteiger partial charge in [0, 0.05) is 12.8 Å². The first-order valence-electron chi connectivity index (χ1n) is 4.29. The molecule has 0 saturated heterocycles. The van der Waals surface area contributed by atoms with E-state index in [0.29, 0.717) is 19.3 Å². The van der Waals surface area contributed by atoms with Gasteiger partial charge in [-0.2, -0.15) is 0 Å². The minimum atomic E-state index is -0.686. The van der Waals surface area contributed by atoms with Crippen molar-refractivity contribution in [2.24, 2.45) is 5.41 Å². The lowest BCUT2D eigenvalue weighted by Crippen LogP contribution is -2.28. The Balaban J connectivity index is 2.72. The Morgan fingerprint density at radius 2 is 1.92 bits per heavy atom. The maximum atomic E-state index is 11.4. The molecule has 1 saturated carbocycles. The quantitative estimate of drug-likeness (QED) is 0.474. The molecule has 0 bridgehead atoms. The molecule has 0 N–H and O–H groups in total. The van der Waals surface area contributed by atoms with Crippen LogP contribution in [0.15, 0.2) is 12.7 Å². The van der Waals surface area contributed by atoms with Crippen LogP contribution in [0.2, 0.25) is 0 Å². The van der Waals surface area contributed by atoms with Gasteiger partial charge in [0.2, 0.25) is 0 Å². The average molecular weight is 166 g/mol. The Hall–Kier alpha value is -0.920. The number of hydrogen-bond acceptors (Lipinski definition) is 2. The Labute approximate surface area is 72.7 Å². The zero-order valence-electron chi connectivity index (χ0n) is 7.43. The van der Waals surface area contributed by atoms with Gasteiger partial charge in [-0.1, -0.05) is 6.08 Å². The topological polar surface area (TPSA) is 34.1 Å². The SMILES string of the molecule is C=CCCC1(C)C(=O)CCC1=O. The molecule has 0 aromatic carbocycles. The Morgan fingerprint density at radius 1 is 1.42 bits per heavy atom. The molecule has 1 aliphatic rings. The molecule has 2 heteroatoms. The zero-order valence-corrected chi connectivity index (χ0v) is 7.43. The predicted molar refractivity (Wildman–Crippen MR) is 46.8 cm³/mol. The summed E-state index contributed by atoms with van der Waals surface area (Å²) in [4.78, 5) is 22.7. The van der Waals surface area contributed by atoms with Crippen molar-refractivity contribution in [1.82, 2.24) is 0 Å². The van der Waals surface area contributed by atoms with E-state index in [1.54, 1.807) is 13.0 Å². The van der Waals surface area contributed by atoms with E-state index in [2.05, 4.69) is 6.58 Å². The molecule has 0 aromatic heterocycles. The van der Waals surface area contributed by atoms with E-state index < -0.39 is 5.41 Å². The fraction of sp³-hybridized carbons (Fsp3) is 0.600. The van der Waals surface area contributed by atoms with Crippen LogP contribution in [0.1, 0.15) is 32.6 Å². The number of carbonyl (C=O) groups excluding carboxylic acids is 2. The van der Waals surface area contributed by atoms with Crippen LogP contribution in [0.3, 0.4) is 0 Å². The van der Waals surface area contributed by atoms with Gasteiger partial charge < -0.3 is 0 Å². The highest BCUT2D eigenvalue weighted by Gasteiger charge is 2.44. The van der Waals surface area contributed by atoms with Gasteiger partial charge in [0.1, 0.15) is 11.6 Å². The number of ketones is 2. The van der Waals surface area contributed by atoms with Gasteiger partial charge in [-0.3, -0.25) is 9.59 Å². The van der Waals surface area contributed by atoms with Crippen LogP contribution in [-0.4, -0.2) is 11.6 Å². The highest BCUT2D eigenvalue weighted by molar-refractivity contribution is 6.12. The smallest absolute Gasteiger partial charge is 0.146 e. The summed E-state index contributed by atoms with van der Waals surface area (Å²) in [6.45, 7) is 5.34. The molecule has 0 radical (unpaired) electrons. The van der Waals surface area contributed by atoms with Crippen molar-refractivity contribution >= 4 is 11.6 Å². The van der Waals surface area contributed by atoms with Gasteiger partial charge in [0.25, 0.3) is 0 Å². The summed E-state index contributed by atoms with van der Waals surface area (Å²) in [6.07, 6.45) is 4.01. The molecule has 1 fully saturated rings. The maximum Gasteiger partial charge on any atom is 0.146 e. The summed E-state index contributed by atoms with van der Waals surface area (Å²) in [5, 5.41) is 0. The van der Waals surface area contributed by atoms with Crippen LogP contribution in [0.4, 0.5) is 0 Å². The third kappa shape index (κ3) is 1.33. The summed E-state index contributed by atoms with van der Waals surface area (Å²) in [7, 11) is 0.